The molecule has 0 bridgehead atoms. The summed E-state index contributed by atoms with van der Waals surface area (Å²) in [6.45, 7) is 3.76. The summed E-state index contributed by atoms with van der Waals surface area (Å²) in [5, 5.41) is 4.14. The minimum atomic E-state index is -0.258. The number of ether oxygens (including phenoxy) is 1. The molecular formula is C20H23N3O3. The molecule has 2 aromatic rings. The number of nitrogens with zero attached hydrogens (tertiary/aromatic N) is 2. The van der Waals surface area contributed by atoms with E-state index in [0.29, 0.717) is 17.0 Å². The van der Waals surface area contributed by atoms with Crippen LogP contribution < -0.4 is 10.2 Å². The average molecular weight is 353 g/mol. The highest BCUT2D eigenvalue weighted by Crippen LogP contribution is 2.13. The molecule has 2 aromatic carbocycles. The van der Waals surface area contributed by atoms with Gasteiger partial charge in [-0.1, -0.05) is 17.7 Å². The maximum absolute atomic E-state index is 12.1. The zero-order valence-electron chi connectivity index (χ0n) is 15.4. The van der Waals surface area contributed by atoms with Gasteiger partial charge in [0.15, 0.2) is 6.61 Å². The number of hydrogen-bond donors (Lipinski definition) is 1. The van der Waals surface area contributed by atoms with E-state index in [2.05, 4.69) is 10.5 Å². The molecule has 2 amide bonds. The van der Waals surface area contributed by atoms with E-state index in [1.165, 1.54) is 4.90 Å². The maximum atomic E-state index is 12.1. The van der Waals surface area contributed by atoms with Crippen LogP contribution in [-0.4, -0.2) is 43.1 Å². The Morgan fingerprint density at radius 1 is 1.00 bits per heavy atom. The molecule has 2 rings (SSSR count). The summed E-state index contributed by atoms with van der Waals surface area (Å²) in [7, 11) is 3.36. The molecule has 136 valence electrons. The van der Waals surface area contributed by atoms with Crippen molar-refractivity contribution in [2.45, 2.75) is 13.8 Å². The fraction of sp³-hybridized carbons (Fsp3) is 0.250. The van der Waals surface area contributed by atoms with Gasteiger partial charge in [-0.15, -0.1) is 0 Å². The highest BCUT2D eigenvalue weighted by atomic mass is 16.5. The average Bonchev–Trinajstić information content (AvgIpc) is 2.64. The van der Waals surface area contributed by atoms with Crippen molar-refractivity contribution >= 4 is 17.5 Å². The van der Waals surface area contributed by atoms with Gasteiger partial charge < -0.3 is 9.64 Å². The number of likely N-dealkylation sites (N-methyl/N-ethyl adjacent to an activating group) is 1. The number of carbonyl (C=O) groups is 2. The van der Waals surface area contributed by atoms with E-state index in [4.69, 9.17) is 4.74 Å². The second-order valence-electron chi connectivity index (χ2n) is 6.11. The molecule has 0 aliphatic heterocycles. The first kappa shape index (κ1) is 19.2. The molecule has 0 spiro atoms. The van der Waals surface area contributed by atoms with Gasteiger partial charge in [-0.2, -0.15) is 5.10 Å². The minimum absolute atomic E-state index is 0.00791. The van der Waals surface area contributed by atoms with Gasteiger partial charge in [0.2, 0.25) is 0 Å². The first-order valence-electron chi connectivity index (χ1n) is 8.21. The fourth-order valence-electron chi connectivity index (χ4n) is 2.04. The van der Waals surface area contributed by atoms with Crippen LogP contribution in [0.4, 0.5) is 0 Å². The third kappa shape index (κ3) is 5.44. The highest BCUT2D eigenvalue weighted by Gasteiger charge is 2.06. The molecule has 0 heterocycles. The van der Waals surface area contributed by atoms with Crippen LogP contribution in [0.25, 0.3) is 0 Å². The summed E-state index contributed by atoms with van der Waals surface area (Å²) in [5.74, 6) is 0.234. The van der Waals surface area contributed by atoms with E-state index >= 15 is 0 Å². The number of aryl methyl sites for hydroxylation is 1. The molecule has 0 aliphatic rings. The van der Waals surface area contributed by atoms with Gasteiger partial charge in [0.25, 0.3) is 11.8 Å². The number of amides is 2. The fourth-order valence-corrected chi connectivity index (χ4v) is 2.04. The first-order valence-corrected chi connectivity index (χ1v) is 8.21. The van der Waals surface area contributed by atoms with Gasteiger partial charge in [0, 0.05) is 19.7 Å². The summed E-state index contributed by atoms with van der Waals surface area (Å²) in [4.78, 5) is 25.1. The van der Waals surface area contributed by atoms with Crippen molar-refractivity contribution in [3.8, 4) is 5.75 Å². The van der Waals surface area contributed by atoms with Crippen molar-refractivity contribution < 1.29 is 14.3 Å². The topological polar surface area (TPSA) is 71.0 Å². The van der Waals surface area contributed by atoms with Gasteiger partial charge >= 0.3 is 0 Å². The van der Waals surface area contributed by atoms with E-state index in [-0.39, 0.29) is 18.4 Å². The lowest BCUT2D eigenvalue weighted by Gasteiger charge is -2.11. The number of benzene rings is 2. The van der Waals surface area contributed by atoms with E-state index in [9.17, 15) is 9.59 Å². The molecule has 0 fully saturated rings. The molecule has 0 saturated carbocycles. The SMILES string of the molecule is C/C(=N/NC(=O)c1ccc(C)cc1)c1ccc(OCC(=O)N(C)C)cc1. The van der Waals surface area contributed by atoms with Crippen molar-refractivity contribution in [3.63, 3.8) is 0 Å². The second kappa shape index (κ2) is 8.80. The minimum Gasteiger partial charge on any atom is -0.484 e. The Morgan fingerprint density at radius 3 is 2.15 bits per heavy atom. The number of hydrogen-bond acceptors (Lipinski definition) is 4. The van der Waals surface area contributed by atoms with E-state index in [0.717, 1.165) is 11.1 Å². The van der Waals surface area contributed by atoms with Crippen molar-refractivity contribution in [2.24, 2.45) is 5.10 Å². The lowest BCUT2D eigenvalue weighted by molar-refractivity contribution is -0.130. The normalized spacial score (nSPS) is 11.0. The van der Waals surface area contributed by atoms with Crippen LogP contribution in [-0.2, 0) is 4.79 Å². The molecule has 1 N–H and O–H groups in total. The molecule has 6 heteroatoms. The Labute approximate surface area is 153 Å². The molecule has 0 atom stereocenters. The van der Waals surface area contributed by atoms with Crippen LogP contribution >= 0.6 is 0 Å². The largest absolute Gasteiger partial charge is 0.484 e. The van der Waals surface area contributed by atoms with Crippen LogP contribution in [0.1, 0.15) is 28.4 Å². The monoisotopic (exact) mass is 353 g/mol. The number of rotatable bonds is 6. The van der Waals surface area contributed by atoms with Crippen molar-refractivity contribution in [1.82, 2.24) is 10.3 Å². The van der Waals surface area contributed by atoms with Crippen LogP contribution in [0, 0.1) is 6.92 Å². The second-order valence-corrected chi connectivity index (χ2v) is 6.11. The lowest BCUT2D eigenvalue weighted by atomic mass is 10.1. The van der Waals surface area contributed by atoms with Crippen LogP contribution in [0.15, 0.2) is 53.6 Å². The van der Waals surface area contributed by atoms with Gasteiger partial charge in [0.1, 0.15) is 5.75 Å². The zero-order chi connectivity index (χ0) is 19.1. The van der Waals surface area contributed by atoms with Gasteiger partial charge in [0.05, 0.1) is 5.71 Å². The molecule has 6 nitrogen and oxygen atoms in total. The van der Waals surface area contributed by atoms with Gasteiger partial charge in [-0.3, -0.25) is 9.59 Å². The molecule has 26 heavy (non-hydrogen) atoms. The smallest absolute Gasteiger partial charge is 0.271 e. The Hall–Kier alpha value is -3.15. The quantitative estimate of drug-likeness (QED) is 0.641. The first-order chi connectivity index (χ1) is 12.4. The maximum Gasteiger partial charge on any atom is 0.271 e. The standard InChI is InChI=1S/C20H23N3O3/c1-14-5-7-17(8-6-14)20(25)22-21-15(2)16-9-11-18(12-10-16)26-13-19(24)23(3)4/h5-12H,13H2,1-4H3,(H,22,25)/b21-15-. The molecular weight excluding hydrogens is 330 g/mol. The summed E-state index contributed by atoms with van der Waals surface area (Å²) < 4.78 is 5.43. The van der Waals surface area contributed by atoms with Gasteiger partial charge in [-0.25, -0.2) is 5.43 Å². The third-order valence-corrected chi connectivity index (χ3v) is 3.77. The summed E-state index contributed by atoms with van der Waals surface area (Å²) in [6, 6.07) is 14.5. The van der Waals surface area contributed by atoms with E-state index in [1.54, 1.807) is 45.3 Å². The Kier molecular flexibility index (Phi) is 6.49. The highest BCUT2D eigenvalue weighted by molar-refractivity contribution is 6.00. The summed E-state index contributed by atoms with van der Waals surface area (Å²) in [5.41, 5.74) is 5.72. The Morgan fingerprint density at radius 2 is 1.58 bits per heavy atom. The number of carbonyl (C=O) groups excluding carboxylic acids is 2. The Bertz CT molecular complexity index is 794. The lowest BCUT2D eigenvalue weighted by Crippen LogP contribution is -2.27. The predicted octanol–water partition coefficient (Wildman–Crippen LogP) is 2.62. The van der Waals surface area contributed by atoms with E-state index < -0.39 is 0 Å². The number of nitrogens with one attached hydrogen (secondary N) is 1. The van der Waals surface area contributed by atoms with Crippen molar-refractivity contribution in [3.05, 3.63) is 65.2 Å². The van der Waals surface area contributed by atoms with Crippen LogP contribution in [0.2, 0.25) is 0 Å². The van der Waals surface area contributed by atoms with Crippen molar-refractivity contribution in [1.29, 1.82) is 0 Å². The number of hydrazone groups is 1. The molecule has 0 radical (unpaired) electrons. The van der Waals surface area contributed by atoms with Crippen LogP contribution in [0.3, 0.4) is 0 Å². The molecule has 0 saturated heterocycles. The molecule has 0 unspecified atom stereocenters. The van der Waals surface area contributed by atoms with Crippen molar-refractivity contribution in [2.75, 3.05) is 20.7 Å². The third-order valence-electron chi connectivity index (χ3n) is 3.77. The van der Waals surface area contributed by atoms with E-state index in [1.807, 2.05) is 31.2 Å². The van der Waals surface area contributed by atoms with Gasteiger partial charge in [-0.05, 0) is 55.8 Å². The summed E-state index contributed by atoms with van der Waals surface area (Å²) >= 11 is 0. The molecule has 0 aromatic heterocycles. The molecule has 0 aliphatic carbocycles. The zero-order valence-corrected chi connectivity index (χ0v) is 15.4. The Balaban J connectivity index is 1.95. The predicted molar refractivity (Wildman–Crippen MR) is 101 cm³/mol. The summed E-state index contributed by atoms with van der Waals surface area (Å²) in [6.07, 6.45) is 0. The van der Waals surface area contributed by atoms with Crippen LogP contribution in [0.5, 0.6) is 5.75 Å².